The number of benzene rings is 1. The average Bonchev–Trinajstić information content (AvgIpc) is 2.48. The van der Waals surface area contributed by atoms with E-state index in [2.05, 4.69) is 0 Å². The Labute approximate surface area is 127 Å². The van der Waals surface area contributed by atoms with Crippen molar-refractivity contribution in [3.8, 4) is 0 Å². The maximum absolute atomic E-state index is 12.1. The van der Waals surface area contributed by atoms with Gasteiger partial charge in [0.1, 0.15) is 36.6 Å². The van der Waals surface area contributed by atoms with Crippen molar-refractivity contribution in [1.29, 1.82) is 0 Å². The topological polar surface area (TPSA) is 145 Å². The van der Waals surface area contributed by atoms with Crippen molar-refractivity contribution in [1.82, 2.24) is 0 Å². The maximum Gasteiger partial charge on any atom is 0.297 e. The fourth-order valence-corrected chi connectivity index (χ4v) is 3.32. The Hall–Kier alpha value is -1.07. The van der Waals surface area contributed by atoms with Gasteiger partial charge in [0.15, 0.2) is 0 Å². The summed E-state index contributed by atoms with van der Waals surface area (Å²) in [5, 5.41) is 48.1. The highest BCUT2D eigenvalue weighted by Gasteiger charge is 2.50. The molecule has 9 heteroatoms. The second-order valence-electron chi connectivity index (χ2n) is 5.28. The molecule has 1 saturated carbocycles. The zero-order valence-corrected chi connectivity index (χ0v) is 12.5. The van der Waals surface area contributed by atoms with Gasteiger partial charge >= 0.3 is 0 Å². The fraction of sp³-hybridized carbons (Fsp3) is 0.538. The minimum Gasteiger partial charge on any atom is -0.387 e. The van der Waals surface area contributed by atoms with Crippen LogP contribution in [0.1, 0.15) is 5.56 Å². The molecule has 22 heavy (non-hydrogen) atoms. The van der Waals surface area contributed by atoms with E-state index in [0.29, 0.717) is 0 Å². The smallest absolute Gasteiger partial charge is 0.297 e. The molecule has 0 saturated heterocycles. The largest absolute Gasteiger partial charge is 0.387 e. The highest BCUT2D eigenvalue weighted by molar-refractivity contribution is 7.86. The number of rotatable bonds is 3. The van der Waals surface area contributed by atoms with E-state index in [9.17, 15) is 34.0 Å². The van der Waals surface area contributed by atoms with Crippen molar-refractivity contribution in [3.63, 3.8) is 0 Å². The molecule has 0 aliphatic heterocycles. The van der Waals surface area contributed by atoms with Gasteiger partial charge in [-0.25, -0.2) is 0 Å². The molecule has 124 valence electrons. The molecule has 6 atom stereocenters. The number of hydrogen-bond donors (Lipinski definition) is 5. The molecule has 2 unspecified atom stereocenters. The summed E-state index contributed by atoms with van der Waals surface area (Å²) in [6, 6.07) is 5.65. The number of aliphatic hydroxyl groups is 5. The Balaban J connectivity index is 2.26. The first-order valence-corrected chi connectivity index (χ1v) is 7.96. The van der Waals surface area contributed by atoms with Gasteiger partial charge in [-0.2, -0.15) is 8.42 Å². The van der Waals surface area contributed by atoms with Crippen LogP contribution >= 0.6 is 0 Å². The van der Waals surface area contributed by atoms with Crippen LogP contribution in [0.3, 0.4) is 0 Å². The van der Waals surface area contributed by atoms with Gasteiger partial charge in [0.05, 0.1) is 4.90 Å². The summed E-state index contributed by atoms with van der Waals surface area (Å²) in [6.07, 6.45) is -11.1. The van der Waals surface area contributed by atoms with Crippen LogP contribution in [-0.2, 0) is 14.3 Å². The van der Waals surface area contributed by atoms with Gasteiger partial charge in [-0.3, -0.25) is 4.18 Å². The van der Waals surface area contributed by atoms with Crippen LogP contribution in [0.15, 0.2) is 29.2 Å². The van der Waals surface area contributed by atoms with Gasteiger partial charge in [-0.15, -0.1) is 0 Å². The van der Waals surface area contributed by atoms with Crippen LogP contribution in [0, 0.1) is 6.92 Å². The molecule has 1 aliphatic rings. The first-order valence-electron chi connectivity index (χ1n) is 6.55. The second kappa shape index (κ2) is 6.20. The maximum atomic E-state index is 12.1. The van der Waals surface area contributed by atoms with E-state index in [1.165, 1.54) is 24.3 Å². The van der Waals surface area contributed by atoms with E-state index in [4.69, 9.17) is 4.18 Å². The monoisotopic (exact) mass is 334 g/mol. The van der Waals surface area contributed by atoms with Crippen LogP contribution in [-0.4, -0.2) is 70.6 Å². The molecule has 2 rings (SSSR count). The lowest BCUT2D eigenvalue weighted by molar-refractivity contribution is -0.216. The second-order valence-corrected chi connectivity index (χ2v) is 6.85. The quantitative estimate of drug-likeness (QED) is 0.395. The molecule has 0 spiro atoms. The fourth-order valence-electron chi connectivity index (χ4n) is 2.22. The summed E-state index contributed by atoms with van der Waals surface area (Å²) < 4.78 is 29.0. The first-order chi connectivity index (χ1) is 10.1. The molecule has 0 heterocycles. The highest BCUT2D eigenvalue weighted by atomic mass is 32.2. The Bertz CT molecular complexity index is 597. The molecular weight excluding hydrogens is 316 g/mol. The van der Waals surface area contributed by atoms with Crippen molar-refractivity contribution in [2.45, 2.75) is 48.4 Å². The van der Waals surface area contributed by atoms with Crippen molar-refractivity contribution in [3.05, 3.63) is 29.8 Å². The van der Waals surface area contributed by atoms with Crippen LogP contribution in [0.4, 0.5) is 0 Å². The summed E-state index contributed by atoms with van der Waals surface area (Å²) in [4.78, 5) is -0.201. The standard InChI is InChI=1S/C13H18O8S/c1-6-2-4-7(5-3-6)22(19,20)21-13-11(17)9(15)8(14)10(16)12(13)18/h2-5,8-18H,1H3/t8?,9-,10-,11-,12+,13?/m0/s1. The van der Waals surface area contributed by atoms with Gasteiger partial charge in [-0.1, -0.05) is 17.7 Å². The number of aryl methyl sites for hydroxylation is 1. The molecule has 1 aliphatic carbocycles. The van der Waals surface area contributed by atoms with Crippen LogP contribution in [0.25, 0.3) is 0 Å². The van der Waals surface area contributed by atoms with E-state index in [1.807, 2.05) is 0 Å². The Kier molecular flexibility index (Phi) is 4.87. The molecule has 5 N–H and O–H groups in total. The molecule has 1 aromatic rings. The van der Waals surface area contributed by atoms with Gasteiger partial charge < -0.3 is 25.5 Å². The lowest BCUT2D eigenvalue weighted by Gasteiger charge is -2.40. The van der Waals surface area contributed by atoms with Crippen LogP contribution in [0.5, 0.6) is 0 Å². The van der Waals surface area contributed by atoms with Gasteiger partial charge in [-0.05, 0) is 19.1 Å². The van der Waals surface area contributed by atoms with Crippen molar-refractivity contribution in [2.24, 2.45) is 0 Å². The Morgan fingerprint density at radius 1 is 0.818 bits per heavy atom. The van der Waals surface area contributed by atoms with Gasteiger partial charge in [0, 0.05) is 0 Å². The third kappa shape index (κ3) is 3.15. The van der Waals surface area contributed by atoms with Gasteiger partial charge in [0.2, 0.25) is 0 Å². The summed E-state index contributed by atoms with van der Waals surface area (Å²) in [7, 11) is -4.33. The Morgan fingerprint density at radius 3 is 1.68 bits per heavy atom. The summed E-state index contributed by atoms with van der Waals surface area (Å²) in [5.74, 6) is 0. The normalized spacial score (nSPS) is 36.3. The third-order valence-electron chi connectivity index (χ3n) is 3.62. The van der Waals surface area contributed by atoms with E-state index in [1.54, 1.807) is 6.92 Å². The zero-order chi connectivity index (χ0) is 16.7. The summed E-state index contributed by atoms with van der Waals surface area (Å²) >= 11 is 0. The molecule has 1 aromatic carbocycles. The predicted octanol–water partition coefficient (Wildman–Crippen LogP) is -2.11. The van der Waals surface area contributed by atoms with Crippen LogP contribution in [0.2, 0.25) is 0 Å². The SMILES string of the molecule is Cc1ccc(S(=O)(=O)OC2[C@@H](O)[C@@H](O)C(O)[C@H](O)[C@H]2O)cc1. The average molecular weight is 334 g/mol. The molecule has 0 bridgehead atoms. The number of aliphatic hydroxyl groups excluding tert-OH is 5. The van der Waals surface area contributed by atoms with Gasteiger partial charge in [0.25, 0.3) is 10.1 Å². The predicted molar refractivity (Wildman–Crippen MR) is 73.3 cm³/mol. The van der Waals surface area contributed by atoms with E-state index < -0.39 is 46.7 Å². The van der Waals surface area contributed by atoms with Crippen molar-refractivity contribution >= 4 is 10.1 Å². The number of hydrogen-bond acceptors (Lipinski definition) is 8. The highest BCUT2D eigenvalue weighted by Crippen LogP contribution is 2.27. The zero-order valence-electron chi connectivity index (χ0n) is 11.6. The molecule has 8 nitrogen and oxygen atoms in total. The van der Waals surface area contributed by atoms with Crippen molar-refractivity contribution < 1.29 is 38.1 Å². The molecule has 0 amide bonds. The van der Waals surface area contributed by atoms with E-state index >= 15 is 0 Å². The lowest BCUT2D eigenvalue weighted by Crippen LogP contribution is -2.64. The molecule has 1 fully saturated rings. The minimum atomic E-state index is -4.33. The molecular formula is C13H18O8S. The van der Waals surface area contributed by atoms with Crippen molar-refractivity contribution in [2.75, 3.05) is 0 Å². The first kappa shape index (κ1) is 17.3. The Morgan fingerprint density at radius 2 is 1.23 bits per heavy atom. The van der Waals surface area contributed by atoms with E-state index in [-0.39, 0.29) is 4.90 Å². The third-order valence-corrected chi connectivity index (χ3v) is 4.95. The van der Waals surface area contributed by atoms with Crippen LogP contribution < -0.4 is 0 Å². The summed E-state index contributed by atoms with van der Waals surface area (Å²) in [5.41, 5.74) is 0.825. The lowest BCUT2D eigenvalue weighted by atomic mass is 9.85. The minimum absolute atomic E-state index is 0.201. The molecule has 0 aromatic heterocycles. The summed E-state index contributed by atoms with van der Waals surface area (Å²) in [6.45, 7) is 1.76. The molecule has 0 radical (unpaired) electrons. The van der Waals surface area contributed by atoms with E-state index in [0.717, 1.165) is 5.56 Å².